The third-order valence-electron chi connectivity index (χ3n) is 6.10. The van der Waals surface area contributed by atoms with E-state index in [1.807, 2.05) is 0 Å². The molecule has 0 bridgehead atoms. The van der Waals surface area contributed by atoms with Crippen molar-refractivity contribution in [2.75, 3.05) is 26.2 Å². The standard InChI is InChI=1S/C18H26N2O.2ClH/c21-17-6-10-19-13-16(17)20-11-8-18(9-12-20)7-5-14-3-1-2-4-15(14)18;;/h1-4,16-17,19,21H,5-13H2;2*1H. The van der Waals surface area contributed by atoms with Gasteiger partial charge in [0.2, 0.25) is 0 Å². The second-order valence-corrected chi connectivity index (χ2v) is 7.10. The molecule has 1 aromatic rings. The van der Waals surface area contributed by atoms with Crippen LogP contribution in [0.1, 0.15) is 36.8 Å². The first-order chi connectivity index (χ1) is 10.3. The molecule has 2 heterocycles. The van der Waals surface area contributed by atoms with Crippen molar-refractivity contribution < 1.29 is 5.11 Å². The van der Waals surface area contributed by atoms with E-state index in [4.69, 9.17) is 0 Å². The van der Waals surface area contributed by atoms with E-state index in [9.17, 15) is 5.11 Å². The quantitative estimate of drug-likeness (QED) is 0.809. The molecule has 1 aliphatic carbocycles. The van der Waals surface area contributed by atoms with E-state index in [0.29, 0.717) is 11.5 Å². The molecule has 0 amide bonds. The van der Waals surface area contributed by atoms with Gasteiger partial charge in [-0.05, 0) is 68.3 Å². The number of likely N-dealkylation sites (tertiary alicyclic amines) is 1. The first-order valence-corrected chi connectivity index (χ1v) is 8.50. The molecule has 2 unspecified atom stereocenters. The number of piperidine rings is 2. The van der Waals surface area contributed by atoms with Crippen LogP contribution >= 0.6 is 24.8 Å². The molecule has 0 radical (unpaired) electrons. The maximum Gasteiger partial charge on any atom is 0.0719 e. The van der Waals surface area contributed by atoms with Crippen LogP contribution in [0.5, 0.6) is 0 Å². The maximum absolute atomic E-state index is 10.3. The molecule has 23 heavy (non-hydrogen) atoms. The van der Waals surface area contributed by atoms with Gasteiger partial charge >= 0.3 is 0 Å². The van der Waals surface area contributed by atoms with E-state index in [2.05, 4.69) is 34.5 Å². The Morgan fingerprint density at radius 2 is 1.83 bits per heavy atom. The molecule has 2 N–H and O–H groups in total. The third-order valence-corrected chi connectivity index (χ3v) is 6.10. The van der Waals surface area contributed by atoms with E-state index in [0.717, 1.165) is 32.6 Å². The molecule has 130 valence electrons. The van der Waals surface area contributed by atoms with Crippen LogP contribution in [-0.2, 0) is 11.8 Å². The lowest BCUT2D eigenvalue weighted by molar-refractivity contribution is 0.00718. The predicted molar refractivity (Wildman–Crippen MR) is 99.0 cm³/mol. The van der Waals surface area contributed by atoms with Crippen molar-refractivity contribution in [2.45, 2.75) is 49.7 Å². The predicted octanol–water partition coefficient (Wildman–Crippen LogP) is 2.53. The second kappa shape index (κ2) is 7.71. The molecule has 2 saturated heterocycles. The molecular weight excluding hydrogens is 331 g/mol. The first kappa shape index (κ1) is 19.0. The lowest BCUT2D eigenvalue weighted by atomic mass is 9.73. The number of aryl methyl sites for hydroxylation is 1. The van der Waals surface area contributed by atoms with E-state index in [1.165, 1.54) is 25.7 Å². The van der Waals surface area contributed by atoms with E-state index >= 15 is 0 Å². The Balaban J connectivity index is 0.000000960. The smallest absolute Gasteiger partial charge is 0.0719 e. The number of nitrogens with one attached hydrogen (secondary N) is 1. The minimum atomic E-state index is -0.142. The summed E-state index contributed by atoms with van der Waals surface area (Å²) in [5, 5.41) is 13.7. The molecule has 2 aliphatic heterocycles. The summed E-state index contributed by atoms with van der Waals surface area (Å²) >= 11 is 0. The Morgan fingerprint density at radius 1 is 1.09 bits per heavy atom. The van der Waals surface area contributed by atoms with E-state index < -0.39 is 0 Å². The van der Waals surface area contributed by atoms with Crippen molar-refractivity contribution >= 4 is 24.8 Å². The number of hydrogen-bond donors (Lipinski definition) is 2. The van der Waals surface area contributed by atoms with E-state index in [-0.39, 0.29) is 30.9 Å². The molecule has 1 spiro atoms. The number of benzene rings is 1. The lowest BCUT2D eigenvalue weighted by Crippen LogP contribution is -2.57. The van der Waals surface area contributed by atoms with Gasteiger partial charge in [0.1, 0.15) is 0 Å². The monoisotopic (exact) mass is 358 g/mol. The van der Waals surface area contributed by atoms with Crippen molar-refractivity contribution in [3.05, 3.63) is 35.4 Å². The van der Waals surface area contributed by atoms with Crippen molar-refractivity contribution in [3.63, 3.8) is 0 Å². The Bertz CT molecular complexity index is 517. The Hall–Kier alpha value is -0.320. The number of aliphatic hydroxyl groups excluding tert-OH is 1. The molecule has 4 rings (SSSR count). The van der Waals surface area contributed by atoms with Crippen LogP contribution < -0.4 is 5.32 Å². The van der Waals surface area contributed by atoms with Crippen LogP contribution in [0.2, 0.25) is 0 Å². The summed E-state index contributed by atoms with van der Waals surface area (Å²) in [6, 6.07) is 9.37. The fourth-order valence-corrected chi connectivity index (χ4v) is 4.77. The second-order valence-electron chi connectivity index (χ2n) is 7.10. The lowest BCUT2D eigenvalue weighted by Gasteiger charge is -2.45. The van der Waals surface area contributed by atoms with Crippen molar-refractivity contribution in [1.82, 2.24) is 10.2 Å². The van der Waals surface area contributed by atoms with Crippen LogP contribution in [0, 0.1) is 0 Å². The minimum absolute atomic E-state index is 0. The molecule has 0 aromatic heterocycles. The molecule has 2 fully saturated rings. The van der Waals surface area contributed by atoms with Gasteiger partial charge in [0.15, 0.2) is 0 Å². The van der Waals surface area contributed by atoms with Crippen molar-refractivity contribution in [3.8, 4) is 0 Å². The summed E-state index contributed by atoms with van der Waals surface area (Å²) in [6.07, 6.45) is 5.85. The Labute approximate surface area is 151 Å². The summed E-state index contributed by atoms with van der Waals surface area (Å²) in [6.45, 7) is 4.18. The highest BCUT2D eigenvalue weighted by atomic mass is 35.5. The van der Waals surface area contributed by atoms with Gasteiger partial charge in [-0.1, -0.05) is 24.3 Å². The Kier molecular flexibility index (Phi) is 6.37. The summed E-state index contributed by atoms with van der Waals surface area (Å²) in [5.41, 5.74) is 3.62. The molecule has 3 aliphatic rings. The number of hydrogen-bond acceptors (Lipinski definition) is 3. The van der Waals surface area contributed by atoms with Gasteiger partial charge in [0.25, 0.3) is 0 Å². The number of halogens is 2. The summed E-state index contributed by atoms with van der Waals surface area (Å²) < 4.78 is 0. The summed E-state index contributed by atoms with van der Waals surface area (Å²) in [5.74, 6) is 0. The van der Waals surface area contributed by atoms with E-state index in [1.54, 1.807) is 11.1 Å². The largest absolute Gasteiger partial charge is 0.391 e. The van der Waals surface area contributed by atoms with Crippen LogP contribution in [0.4, 0.5) is 0 Å². The highest BCUT2D eigenvalue weighted by Gasteiger charge is 2.42. The van der Waals surface area contributed by atoms with Gasteiger partial charge < -0.3 is 10.4 Å². The molecular formula is C18H28Cl2N2O. The number of aliphatic hydroxyl groups is 1. The van der Waals surface area contributed by atoms with Gasteiger partial charge in [-0.15, -0.1) is 24.8 Å². The molecule has 0 saturated carbocycles. The summed E-state index contributed by atoms with van der Waals surface area (Å²) in [4.78, 5) is 2.53. The first-order valence-electron chi connectivity index (χ1n) is 8.50. The average Bonchev–Trinajstić information content (AvgIpc) is 2.88. The third kappa shape index (κ3) is 3.40. The average molecular weight is 359 g/mol. The Morgan fingerprint density at radius 3 is 2.57 bits per heavy atom. The van der Waals surface area contributed by atoms with Crippen LogP contribution in [-0.4, -0.2) is 48.3 Å². The fraction of sp³-hybridized carbons (Fsp3) is 0.667. The van der Waals surface area contributed by atoms with Gasteiger partial charge in [0, 0.05) is 12.6 Å². The highest BCUT2D eigenvalue weighted by molar-refractivity contribution is 5.85. The van der Waals surface area contributed by atoms with Crippen molar-refractivity contribution in [2.24, 2.45) is 0 Å². The number of nitrogens with zero attached hydrogens (tertiary/aromatic N) is 1. The molecule has 1 aromatic carbocycles. The fourth-order valence-electron chi connectivity index (χ4n) is 4.77. The van der Waals surface area contributed by atoms with Gasteiger partial charge in [-0.25, -0.2) is 0 Å². The van der Waals surface area contributed by atoms with Gasteiger partial charge in [0.05, 0.1) is 6.10 Å². The van der Waals surface area contributed by atoms with Crippen LogP contribution in [0.15, 0.2) is 24.3 Å². The maximum atomic E-state index is 10.3. The zero-order chi connectivity index (χ0) is 14.3. The normalized spacial score (nSPS) is 29.4. The zero-order valence-electron chi connectivity index (χ0n) is 13.5. The minimum Gasteiger partial charge on any atom is -0.391 e. The van der Waals surface area contributed by atoms with Gasteiger partial charge in [-0.3, -0.25) is 4.90 Å². The van der Waals surface area contributed by atoms with Crippen molar-refractivity contribution in [1.29, 1.82) is 0 Å². The van der Waals surface area contributed by atoms with Crippen LogP contribution in [0.3, 0.4) is 0 Å². The van der Waals surface area contributed by atoms with Crippen LogP contribution in [0.25, 0.3) is 0 Å². The molecule has 5 heteroatoms. The highest BCUT2D eigenvalue weighted by Crippen LogP contribution is 2.46. The zero-order valence-corrected chi connectivity index (χ0v) is 15.2. The molecule has 2 atom stereocenters. The topological polar surface area (TPSA) is 35.5 Å². The van der Waals surface area contributed by atoms with Gasteiger partial charge in [-0.2, -0.15) is 0 Å². The molecule has 3 nitrogen and oxygen atoms in total. The number of rotatable bonds is 1. The number of fused-ring (bicyclic) bond motifs is 2. The summed E-state index contributed by atoms with van der Waals surface area (Å²) in [7, 11) is 0. The SMILES string of the molecule is Cl.Cl.OC1CCNCC1N1CCC2(CCc3ccccc32)CC1.